The van der Waals surface area contributed by atoms with Gasteiger partial charge in [-0.05, 0) is 26.0 Å². The first-order chi connectivity index (χ1) is 8.54. The maximum Gasteiger partial charge on any atom is 0.223 e. The van der Waals surface area contributed by atoms with Crippen molar-refractivity contribution in [2.24, 2.45) is 0 Å². The number of amides is 1. The van der Waals surface area contributed by atoms with Crippen molar-refractivity contribution < 1.29 is 19.0 Å². The van der Waals surface area contributed by atoms with Gasteiger partial charge in [-0.1, -0.05) is 0 Å². The van der Waals surface area contributed by atoms with E-state index in [1.807, 2.05) is 6.92 Å². The predicted octanol–water partition coefficient (Wildman–Crippen LogP) is 1.78. The van der Waals surface area contributed by atoms with E-state index in [4.69, 9.17) is 4.74 Å². The minimum Gasteiger partial charge on any atom is -0.493 e. The average Bonchev–Trinajstić information content (AvgIpc) is 2.29. The molecule has 0 fully saturated rings. The number of aliphatic hydroxyl groups excluding tert-OH is 1. The Bertz CT molecular complexity index is 407. The fraction of sp³-hybridized carbons (Fsp3) is 0.462. The molecular formula is C13H18FNO3. The summed E-state index contributed by atoms with van der Waals surface area (Å²) in [5.74, 6) is -0.283. The zero-order valence-corrected chi connectivity index (χ0v) is 10.6. The molecule has 1 rings (SSSR count). The fourth-order valence-corrected chi connectivity index (χ4v) is 1.52. The summed E-state index contributed by atoms with van der Waals surface area (Å²) >= 11 is 0. The third-order valence-electron chi connectivity index (χ3n) is 2.39. The fourth-order valence-electron chi connectivity index (χ4n) is 1.52. The molecule has 0 saturated heterocycles. The van der Waals surface area contributed by atoms with Gasteiger partial charge in [-0.3, -0.25) is 4.79 Å². The predicted molar refractivity (Wildman–Crippen MR) is 65.8 cm³/mol. The lowest BCUT2D eigenvalue weighted by Crippen LogP contribution is -2.24. The standard InChI is InChI=1S/C13H18FNO3/c1-3-15-13(17)6-7-18-12-8-10(14)4-5-11(12)9(2)16/h4-5,8-9,16H,3,6-7H2,1-2H3,(H,15,17). The molecule has 1 aromatic rings. The molecule has 1 amide bonds. The van der Waals surface area contributed by atoms with E-state index in [-0.39, 0.29) is 24.7 Å². The molecule has 1 unspecified atom stereocenters. The summed E-state index contributed by atoms with van der Waals surface area (Å²) in [6.07, 6.45) is -0.547. The summed E-state index contributed by atoms with van der Waals surface area (Å²) < 4.78 is 18.4. The molecule has 1 atom stereocenters. The molecule has 0 aliphatic heterocycles. The van der Waals surface area contributed by atoms with Crippen molar-refractivity contribution in [1.82, 2.24) is 5.32 Å². The molecule has 0 saturated carbocycles. The highest BCUT2D eigenvalue weighted by Crippen LogP contribution is 2.26. The van der Waals surface area contributed by atoms with E-state index in [1.165, 1.54) is 18.2 Å². The molecule has 100 valence electrons. The van der Waals surface area contributed by atoms with Crippen LogP contribution in [0.2, 0.25) is 0 Å². The van der Waals surface area contributed by atoms with Crippen molar-refractivity contribution in [2.75, 3.05) is 13.2 Å². The van der Waals surface area contributed by atoms with Gasteiger partial charge in [-0.25, -0.2) is 4.39 Å². The first-order valence-electron chi connectivity index (χ1n) is 5.91. The molecule has 2 N–H and O–H groups in total. The van der Waals surface area contributed by atoms with Crippen LogP contribution in [0.15, 0.2) is 18.2 Å². The van der Waals surface area contributed by atoms with Crippen LogP contribution in [0.1, 0.15) is 31.9 Å². The van der Waals surface area contributed by atoms with Gasteiger partial charge in [-0.15, -0.1) is 0 Å². The molecule has 1 aromatic carbocycles. The number of carbonyl (C=O) groups is 1. The van der Waals surface area contributed by atoms with Crippen LogP contribution in [0.25, 0.3) is 0 Å². The van der Waals surface area contributed by atoms with Crippen LogP contribution in [-0.2, 0) is 4.79 Å². The number of hydrogen-bond acceptors (Lipinski definition) is 3. The highest BCUT2D eigenvalue weighted by atomic mass is 19.1. The Balaban J connectivity index is 2.60. The second-order valence-corrected chi connectivity index (χ2v) is 3.91. The SMILES string of the molecule is CCNC(=O)CCOc1cc(F)ccc1C(C)O. The van der Waals surface area contributed by atoms with Crippen LogP contribution in [-0.4, -0.2) is 24.2 Å². The van der Waals surface area contributed by atoms with Crippen molar-refractivity contribution in [2.45, 2.75) is 26.4 Å². The normalized spacial score (nSPS) is 12.0. The van der Waals surface area contributed by atoms with E-state index < -0.39 is 11.9 Å². The Labute approximate surface area is 106 Å². The molecule has 0 aliphatic carbocycles. The van der Waals surface area contributed by atoms with Crippen LogP contribution in [0.4, 0.5) is 4.39 Å². The highest BCUT2D eigenvalue weighted by molar-refractivity contribution is 5.75. The molecular weight excluding hydrogens is 237 g/mol. The van der Waals surface area contributed by atoms with Crippen LogP contribution >= 0.6 is 0 Å². The maximum atomic E-state index is 13.1. The van der Waals surface area contributed by atoms with Crippen molar-refractivity contribution in [1.29, 1.82) is 0 Å². The third kappa shape index (κ3) is 4.33. The Kier molecular flexibility index (Phi) is 5.58. The number of ether oxygens (including phenoxy) is 1. The zero-order chi connectivity index (χ0) is 13.5. The number of rotatable bonds is 6. The van der Waals surface area contributed by atoms with Gasteiger partial charge >= 0.3 is 0 Å². The van der Waals surface area contributed by atoms with Crippen molar-refractivity contribution >= 4 is 5.91 Å². The highest BCUT2D eigenvalue weighted by Gasteiger charge is 2.11. The van der Waals surface area contributed by atoms with Crippen molar-refractivity contribution in [3.05, 3.63) is 29.6 Å². The Morgan fingerprint density at radius 1 is 1.56 bits per heavy atom. The van der Waals surface area contributed by atoms with Crippen LogP contribution in [0.3, 0.4) is 0 Å². The van der Waals surface area contributed by atoms with Gasteiger partial charge in [0.2, 0.25) is 5.91 Å². The lowest BCUT2D eigenvalue weighted by molar-refractivity contribution is -0.121. The van der Waals surface area contributed by atoms with E-state index in [9.17, 15) is 14.3 Å². The van der Waals surface area contributed by atoms with Gasteiger partial charge in [0.1, 0.15) is 11.6 Å². The molecule has 0 spiro atoms. The molecule has 0 heterocycles. The summed E-state index contributed by atoms with van der Waals surface area (Å²) in [6.45, 7) is 4.12. The van der Waals surface area contributed by atoms with Gasteiger partial charge in [0, 0.05) is 18.2 Å². The number of carbonyl (C=O) groups excluding carboxylic acids is 1. The third-order valence-corrected chi connectivity index (χ3v) is 2.39. The lowest BCUT2D eigenvalue weighted by atomic mass is 10.1. The van der Waals surface area contributed by atoms with Crippen molar-refractivity contribution in [3.63, 3.8) is 0 Å². The number of benzene rings is 1. The van der Waals surface area contributed by atoms with Crippen LogP contribution in [0.5, 0.6) is 5.75 Å². The molecule has 0 radical (unpaired) electrons. The van der Waals surface area contributed by atoms with Gasteiger partial charge in [-0.2, -0.15) is 0 Å². The van der Waals surface area contributed by atoms with Crippen LogP contribution < -0.4 is 10.1 Å². The molecule has 0 bridgehead atoms. The minimum atomic E-state index is -0.745. The second-order valence-electron chi connectivity index (χ2n) is 3.91. The topological polar surface area (TPSA) is 58.6 Å². The molecule has 0 aliphatic rings. The van der Waals surface area contributed by atoms with Crippen LogP contribution in [0, 0.1) is 5.82 Å². The van der Waals surface area contributed by atoms with E-state index in [2.05, 4.69) is 5.32 Å². The molecule has 5 heteroatoms. The van der Waals surface area contributed by atoms with Gasteiger partial charge in [0.15, 0.2) is 0 Å². The van der Waals surface area contributed by atoms with Gasteiger partial charge < -0.3 is 15.2 Å². The monoisotopic (exact) mass is 255 g/mol. The van der Waals surface area contributed by atoms with Crippen molar-refractivity contribution in [3.8, 4) is 5.75 Å². The Morgan fingerprint density at radius 3 is 2.89 bits per heavy atom. The minimum absolute atomic E-state index is 0.118. The number of aliphatic hydroxyl groups is 1. The molecule has 18 heavy (non-hydrogen) atoms. The summed E-state index contributed by atoms with van der Waals surface area (Å²) in [4.78, 5) is 11.2. The van der Waals surface area contributed by atoms with Gasteiger partial charge in [0.25, 0.3) is 0 Å². The summed E-state index contributed by atoms with van der Waals surface area (Å²) in [5.41, 5.74) is 0.507. The first-order valence-corrected chi connectivity index (χ1v) is 5.91. The summed E-state index contributed by atoms with van der Waals surface area (Å²) in [6, 6.07) is 3.94. The lowest BCUT2D eigenvalue weighted by Gasteiger charge is -2.13. The number of halogens is 1. The average molecular weight is 255 g/mol. The van der Waals surface area contributed by atoms with Gasteiger partial charge in [0.05, 0.1) is 19.1 Å². The van der Waals surface area contributed by atoms with E-state index in [1.54, 1.807) is 6.92 Å². The summed E-state index contributed by atoms with van der Waals surface area (Å²) in [7, 11) is 0. The molecule has 0 aromatic heterocycles. The van der Waals surface area contributed by atoms with E-state index in [0.717, 1.165) is 0 Å². The summed E-state index contributed by atoms with van der Waals surface area (Å²) in [5, 5.41) is 12.1. The number of nitrogens with one attached hydrogen (secondary N) is 1. The second kappa shape index (κ2) is 6.96. The van der Waals surface area contributed by atoms with E-state index >= 15 is 0 Å². The first kappa shape index (κ1) is 14.4. The largest absolute Gasteiger partial charge is 0.493 e. The Morgan fingerprint density at radius 2 is 2.28 bits per heavy atom. The smallest absolute Gasteiger partial charge is 0.223 e. The Hall–Kier alpha value is -1.62. The molecule has 4 nitrogen and oxygen atoms in total. The quantitative estimate of drug-likeness (QED) is 0.814. The zero-order valence-electron chi connectivity index (χ0n) is 10.6. The number of hydrogen-bond donors (Lipinski definition) is 2. The maximum absolute atomic E-state index is 13.1. The van der Waals surface area contributed by atoms with E-state index in [0.29, 0.717) is 12.1 Å².